The van der Waals surface area contributed by atoms with Gasteiger partial charge in [0.05, 0.1) is 0 Å². The fourth-order valence-electron chi connectivity index (χ4n) is 2.73. The van der Waals surface area contributed by atoms with Crippen molar-refractivity contribution in [3.63, 3.8) is 0 Å². The molecule has 2 atom stereocenters. The van der Waals surface area contributed by atoms with Gasteiger partial charge in [-0.05, 0) is 12.3 Å². The molecule has 0 bridgehead atoms. The summed E-state index contributed by atoms with van der Waals surface area (Å²) >= 11 is 0. The molecule has 0 radical (unpaired) electrons. The summed E-state index contributed by atoms with van der Waals surface area (Å²) in [6.07, 6.45) is -9.20. The first kappa shape index (κ1) is 23.2. The third kappa shape index (κ3) is 6.19. The number of alkyl halides is 3. The number of carbonyl (C=O) groups is 4. The van der Waals surface area contributed by atoms with Gasteiger partial charge in [-0.25, -0.2) is 9.59 Å². The molecule has 11 heteroatoms. The minimum atomic E-state index is -4.89. The summed E-state index contributed by atoms with van der Waals surface area (Å²) in [5.41, 5.74) is -0.295. The van der Waals surface area contributed by atoms with Crippen molar-refractivity contribution in [2.75, 3.05) is 0 Å². The molecule has 1 N–H and O–H groups in total. The van der Waals surface area contributed by atoms with E-state index in [0.29, 0.717) is 5.06 Å². The van der Waals surface area contributed by atoms with Crippen LogP contribution in [-0.4, -0.2) is 41.2 Å². The number of hydrogen-bond donors (Lipinski definition) is 1. The first-order chi connectivity index (χ1) is 14.0. The third-order valence-corrected chi connectivity index (χ3v) is 4.10. The molecule has 8 nitrogen and oxygen atoms in total. The number of ether oxygens (including phenoxy) is 1. The van der Waals surface area contributed by atoms with Crippen LogP contribution in [-0.2, 0) is 24.0 Å². The average molecular weight is 430 g/mol. The highest BCUT2D eigenvalue weighted by atomic mass is 19.4. The lowest BCUT2D eigenvalue weighted by Gasteiger charge is -2.24. The maximum atomic E-state index is 13.4. The lowest BCUT2D eigenvalue weighted by Crippen LogP contribution is -2.47. The second-order valence-electron chi connectivity index (χ2n) is 7.06. The van der Waals surface area contributed by atoms with Crippen molar-refractivity contribution < 1.29 is 41.9 Å². The van der Waals surface area contributed by atoms with E-state index in [-0.39, 0.29) is 30.7 Å². The molecule has 0 spiro atoms. The summed E-state index contributed by atoms with van der Waals surface area (Å²) in [6.45, 7) is 3.39. The first-order valence-corrected chi connectivity index (χ1v) is 9.15. The molecule has 1 heterocycles. The molecule has 1 aromatic rings. The average Bonchev–Trinajstić information content (AvgIpc) is 2.97. The summed E-state index contributed by atoms with van der Waals surface area (Å²) in [6, 6.07) is 5.10. The lowest BCUT2D eigenvalue weighted by atomic mass is 10.0. The highest BCUT2D eigenvalue weighted by Gasteiger charge is 2.44. The molecular weight excluding hydrogens is 409 g/mol. The Morgan fingerprint density at radius 3 is 2.17 bits per heavy atom. The van der Waals surface area contributed by atoms with Crippen molar-refractivity contribution in [3.05, 3.63) is 35.9 Å². The van der Waals surface area contributed by atoms with Crippen LogP contribution in [0.2, 0.25) is 0 Å². The van der Waals surface area contributed by atoms with E-state index in [0.717, 1.165) is 12.1 Å². The minimum absolute atomic E-state index is 0.0217. The Bertz CT molecular complexity index is 781. The van der Waals surface area contributed by atoms with Gasteiger partial charge in [-0.1, -0.05) is 44.2 Å². The molecule has 1 aromatic carbocycles. The largest absolute Gasteiger partial charge is 0.432 e. The van der Waals surface area contributed by atoms with Gasteiger partial charge in [0.15, 0.2) is 0 Å². The summed E-state index contributed by atoms with van der Waals surface area (Å²) in [4.78, 5) is 52.4. The Labute approximate surface area is 170 Å². The standard InChI is InChI=1S/C19H21F3N2O6/c1-11(2)10-13(17(27)30-24-14(25)8-9-15(24)26)23-18(28)29-16(19(20,21)22)12-6-4-3-5-7-12/h3-7,11,13,16H,8-10H2,1-2H3,(H,23,28)/t13-,16-/m0/s1. The highest BCUT2D eigenvalue weighted by molar-refractivity contribution is 6.01. The van der Waals surface area contributed by atoms with Crippen LogP contribution >= 0.6 is 0 Å². The quantitative estimate of drug-likeness (QED) is 0.668. The van der Waals surface area contributed by atoms with Crippen LogP contribution in [0.1, 0.15) is 44.8 Å². The van der Waals surface area contributed by atoms with Gasteiger partial charge in [-0.3, -0.25) is 9.59 Å². The Kier molecular flexibility index (Phi) is 7.41. The summed E-state index contributed by atoms with van der Waals surface area (Å²) in [5.74, 6) is -2.78. The van der Waals surface area contributed by atoms with E-state index in [1.807, 2.05) is 5.32 Å². The van der Waals surface area contributed by atoms with E-state index < -0.39 is 42.2 Å². The number of halogens is 3. The molecule has 1 fully saturated rings. The Hall–Kier alpha value is -3.11. The predicted molar refractivity (Wildman–Crippen MR) is 95.3 cm³/mol. The zero-order chi connectivity index (χ0) is 22.5. The van der Waals surface area contributed by atoms with Crippen molar-refractivity contribution in [2.24, 2.45) is 5.92 Å². The summed E-state index contributed by atoms with van der Waals surface area (Å²) in [5, 5.41) is 2.34. The summed E-state index contributed by atoms with van der Waals surface area (Å²) in [7, 11) is 0. The zero-order valence-corrected chi connectivity index (χ0v) is 16.3. The van der Waals surface area contributed by atoms with Crippen LogP contribution in [0.3, 0.4) is 0 Å². The van der Waals surface area contributed by atoms with Crippen LogP contribution in [0.25, 0.3) is 0 Å². The Balaban J connectivity index is 2.10. The van der Waals surface area contributed by atoms with Gasteiger partial charge < -0.3 is 14.9 Å². The van der Waals surface area contributed by atoms with Crippen LogP contribution in [0.5, 0.6) is 0 Å². The molecule has 3 amide bonds. The number of benzene rings is 1. The van der Waals surface area contributed by atoms with Crippen molar-refractivity contribution in [3.8, 4) is 0 Å². The zero-order valence-electron chi connectivity index (χ0n) is 16.3. The number of rotatable bonds is 7. The molecule has 1 aliphatic heterocycles. The molecule has 0 unspecified atom stereocenters. The van der Waals surface area contributed by atoms with Gasteiger partial charge in [0.25, 0.3) is 11.8 Å². The molecule has 0 aromatic heterocycles. The fourth-order valence-corrected chi connectivity index (χ4v) is 2.73. The normalized spacial score (nSPS) is 16.4. The maximum absolute atomic E-state index is 13.4. The van der Waals surface area contributed by atoms with E-state index in [4.69, 9.17) is 4.84 Å². The van der Waals surface area contributed by atoms with Crippen molar-refractivity contribution in [1.82, 2.24) is 10.4 Å². The topological polar surface area (TPSA) is 102 Å². The third-order valence-electron chi connectivity index (χ3n) is 4.10. The summed E-state index contributed by atoms with van der Waals surface area (Å²) < 4.78 is 44.6. The number of hydroxylamine groups is 2. The lowest BCUT2D eigenvalue weighted by molar-refractivity contribution is -0.207. The van der Waals surface area contributed by atoms with Crippen molar-refractivity contribution in [2.45, 2.75) is 51.4 Å². The highest BCUT2D eigenvalue weighted by Crippen LogP contribution is 2.35. The number of amides is 3. The first-order valence-electron chi connectivity index (χ1n) is 9.15. The van der Waals surface area contributed by atoms with Gasteiger partial charge in [0.2, 0.25) is 6.10 Å². The molecule has 1 saturated heterocycles. The SMILES string of the molecule is CC(C)C[C@H](NC(=O)O[C@@H](c1ccccc1)C(F)(F)F)C(=O)ON1C(=O)CCC1=O. The molecule has 164 valence electrons. The minimum Gasteiger partial charge on any atom is -0.432 e. The van der Waals surface area contributed by atoms with Crippen LogP contribution in [0, 0.1) is 5.92 Å². The van der Waals surface area contributed by atoms with Gasteiger partial charge in [0.1, 0.15) is 6.04 Å². The molecule has 1 aliphatic rings. The van der Waals surface area contributed by atoms with E-state index >= 15 is 0 Å². The monoisotopic (exact) mass is 430 g/mol. The van der Waals surface area contributed by atoms with E-state index in [1.54, 1.807) is 13.8 Å². The van der Waals surface area contributed by atoms with Gasteiger partial charge >= 0.3 is 18.2 Å². The van der Waals surface area contributed by atoms with Crippen LogP contribution in [0.15, 0.2) is 30.3 Å². The number of nitrogens with zero attached hydrogens (tertiary/aromatic N) is 1. The van der Waals surface area contributed by atoms with Crippen LogP contribution in [0.4, 0.5) is 18.0 Å². The Morgan fingerprint density at radius 2 is 1.67 bits per heavy atom. The molecule has 2 rings (SSSR count). The van der Waals surface area contributed by atoms with Gasteiger partial charge in [-0.15, -0.1) is 5.06 Å². The number of alkyl carbamates (subject to hydrolysis) is 1. The fraction of sp³-hybridized carbons (Fsp3) is 0.474. The second kappa shape index (κ2) is 9.59. The van der Waals surface area contributed by atoms with Gasteiger partial charge in [0, 0.05) is 18.4 Å². The molecular formula is C19H21F3N2O6. The van der Waals surface area contributed by atoms with E-state index in [9.17, 15) is 32.3 Å². The molecule has 0 aliphatic carbocycles. The van der Waals surface area contributed by atoms with Crippen molar-refractivity contribution >= 4 is 23.9 Å². The maximum Gasteiger partial charge on any atom is 0.429 e. The van der Waals surface area contributed by atoms with E-state index in [2.05, 4.69) is 4.74 Å². The van der Waals surface area contributed by atoms with Crippen molar-refractivity contribution in [1.29, 1.82) is 0 Å². The van der Waals surface area contributed by atoms with E-state index in [1.165, 1.54) is 18.2 Å². The number of imide groups is 1. The number of carbonyl (C=O) groups excluding carboxylic acids is 4. The smallest absolute Gasteiger partial charge is 0.429 e. The predicted octanol–water partition coefficient (Wildman–Crippen LogP) is 3.04. The second-order valence-corrected chi connectivity index (χ2v) is 7.06. The van der Waals surface area contributed by atoms with Gasteiger partial charge in [-0.2, -0.15) is 13.2 Å². The number of nitrogens with one attached hydrogen (secondary N) is 1. The van der Waals surface area contributed by atoms with Crippen LogP contribution < -0.4 is 5.32 Å². The Morgan fingerprint density at radius 1 is 1.10 bits per heavy atom. The molecule has 30 heavy (non-hydrogen) atoms. The molecule has 0 saturated carbocycles. The number of hydrogen-bond acceptors (Lipinski definition) is 6.